The molecule has 1 saturated heterocycles. The van der Waals surface area contributed by atoms with Gasteiger partial charge in [0.1, 0.15) is 24.0 Å². The van der Waals surface area contributed by atoms with E-state index in [1.807, 2.05) is 56.3 Å². The normalized spacial score (nSPS) is 13.6. The second-order valence-corrected chi connectivity index (χ2v) is 11.4. The van der Waals surface area contributed by atoms with Gasteiger partial charge in [-0.1, -0.05) is 18.2 Å². The summed E-state index contributed by atoms with van der Waals surface area (Å²) in [6, 6.07) is 22.0. The zero-order valence-electron chi connectivity index (χ0n) is 25.9. The lowest BCUT2D eigenvalue weighted by Gasteiger charge is -2.38. The SMILES string of the molecule is Cc1cccc(C)c1NC(=O)c1cnc(Nc2ccc(N3CCN(C(C)C)CC3)cc2)nc1Oc1ccc(-n2cncn2)cc1. The summed E-state index contributed by atoms with van der Waals surface area (Å²) < 4.78 is 7.85. The summed E-state index contributed by atoms with van der Waals surface area (Å²) in [5.74, 6) is 0.581. The number of carbonyl (C=O) groups excluding carboxylic acids is 1. The van der Waals surface area contributed by atoms with E-state index in [0.29, 0.717) is 17.7 Å². The number of nitrogens with zero attached hydrogens (tertiary/aromatic N) is 7. The molecule has 0 spiro atoms. The van der Waals surface area contributed by atoms with E-state index in [0.717, 1.165) is 54.4 Å². The number of amides is 1. The van der Waals surface area contributed by atoms with Crippen molar-refractivity contribution in [1.82, 2.24) is 29.6 Å². The van der Waals surface area contributed by atoms with Gasteiger partial charge in [0.25, 0.3) is 5.91 Å². The van der Waals surface area contributed by atoms with Gasteiger partial charge in [0.05, 0.1) is 5.69 Å². The summed E-state index contributed by atoms with van der Waals surface area (Å²) in [6.45, 7) is 12.5. The molecule has 3 heterocycles. The molecule has 3 aromatic carbocycles. The predicted molar refractivity (Wildman–Crippen MR) is 176 cm³/mol. The number of piperazine rings is 1. The van der Waals surface area contributed by atoms with Crippen molar-refractivity contribution in [2.24, 2.45) is 0 Å². The number of carbonyl (C=O) groups is 1. The van der Waals surface area contributed by atoms with Crippen LogP contribution in [-0.4, -0.2) is 67.8 Å². The molecule has 0 atom stereocenters. The average molecular weight is 604 g/mol. The van der Waals surface area contributed by atoms with Crippen LogP contribution in [-0.2, 0) is 0 Å². The topological polar surface area (TPSA) is 113 Å². The van der Waals surface area contributed by atoms with Crippen molar-refractivity contribution in [1.29, 1.82) is 0 Å². The van der Waals surface area contributed by atoms with Crippen LogP contribution in [0.3, 0.4) is 0 Å². The van der Waals surface area contributed by atoms with Crippen molar-refractivity contribution >= 4 is 28.9 Å². The number of hydrogen-bond acceptors (Lipinski definition) is 9. The van der Waals surface area contributed by atoms with Gasteiger partial charge in [-0.15, -0.1) is 0 Å². The fourth-order valence-electron chi connectivity index (χ4n) is 5.35. The van der Waals surface area contributed by atoms with E-state index in [9.17, 15) is 4.79 Å². The Kier molecular flexibility index (Phi) is 8.70. The number of anilines is 4. The monoisotopic (exact) mass is 603 g/mol. The van der Waals surface area contributed by atoms with Gasteiger partial charge in [-0.05, 0) is 87.4 Å². The third kappa shape index (κ3) is 6.94. The molecule has 0 bridgehead atoms. The molecule has 0 unspecified atom stereocenters. The highest BCUT2D eigenvalue weighted by Gasteiger charge is 2.21. The molecular weight excluding hydrogens is 566 g/mol. The smallest absolute Gasteiger partial charge is 0.262 e. The van der Waals surface area contributed by atoms with Crippen LogP contribution in [0.15, 0.2) is 85.6 Å². The van der Waals surface area contributed by atoms with E-state index in [1.165, 1.54) is 18.2 Å². The minimum Gasteiger partial charge on any atom is -0.438 e. The molecule has 0 radical (unpaired) electrons. The Morgan fingerprint density at radius 3 is 2.22 bits per heavy atom. The average Bonchev–Trinajstić information content (AvgIpc) is 3.59. The van der Waals surface area contributed by atoms with Crippen LogP contribution in [0.25, 0.3) is 5.69 Å². The zero-order valence-corrected chi connectivity index (χ0v) is 25.9. The summed E-state index contributed by atoms with van der Waals surface area (Å²) in [4.78, 5) is 31.5. The summed E-state index contributed by atoms with van der Waals surface area (Å²) in [5.41, 5.74) is 5.70. The highest BCUT2D eigenvalue weighted by Crippen LogP contribution is 2.29. The van der Waals surface area contributed by atoms with Crippen LogP contribution >= 0.6 is 0 Å². The van der Waals surface area contributed by atoms with E-state index in [4.69, 9.17) is 4.74 Å². The second-order valence-electron chi connectivity index (χ2n) is 11.4. The highest BCUT2D eigenvalue weighted by atomic mass is 16.5. The van der Waals surface area contributed by atoms with E-state index >= 15 is 0 Å². The first-order valence-corrected chi connectivity index (χ1v) is 15.1. The van der Waals surface area contributed by atoms with Gasteiger partial charge in [0.15, 0.2) is 0 Å². The molecule has 230 valence electrons. The van der Waals surface area contributed by atoms with Crippen LogP contribution < -0.4 is 20.3 Å². The van der Waals surface area contributed by atoms with Crippen LogP contribution in [0.2, 0.25) is 0 Å². The number of aromatic nitrogens is 5. The highest BCUT2D eigenvalue weighted by molar-refractivity contribution is 6.06. The molecule has 1 aliphatic heterocycles. The van der Waals surface area contributed by atoms with Crippen LogP contribution in [0, 0.1) is 13.8 Å². The number of nitrogens with one attached hydrogen (secondary N) is 2. The molecule has 11 heteroatoms. The number of hydrogen-bond donors (Lipinski definition) is 2. The Morgan fingerprint density at radius 2 is 1.58 bits per heavy atom. The van der Waals surface area contributed by atoms with Gasteiger partial charge < -0.3 is 20.3 Å². The third-order valence-electron chi connectivity index (χ3n) is 7.99. The van der Waals surface area contributed by atoms with Gasteiger partial charge in [0, 0.05) is 55.5 Å². The van der Waals surface area contributed by atoms with Gasteiger partial charge >= 0.3 is 0 Å². The lowest BCUT2D eigenvalue weighted by Crippen LogP contribution is -2.48. The number of ether oxygens (including phenoxy) is 1. The third-order valence-corrected chi connectivity index (χ3v) is 7.99. The largest absolute Gasteiger partial charge is 0.438 e. The fourth-order valence-corrected chi connectivity index (χ4v) is 5.35. The minimum atomic E-state index is -0.366. The van der Waals surface area contributed by atoms with E-state index in [2.05, 4.69) is 66.5 Å². The molecule has 1 amide bonds. The fraction of sp³-hybridized carbons (Fsp3) is 0.265. The molecule has 11 nitrogen and oxygen atoms in total. The summed E-state index contributed by atoms with van der Waals surface area (Å²) in [6.07, 6.45) is 4.58. The Bertz CT molecular complexity index is 1730. The molecule has 1 aliphatic rings. The van der Waals surface area contributed by atoms with Gasteiger partial charge in [-0.3, -0.25) is 9.69 Å². The predicted octanol–water partition coefficient (Wildman–Crippen LogP) is 5.99. The Hall–Kier alpha value is -5.29. The van der Waals surface area contributed by atoms with Crippen molar-refractivity contribution < 1.29 is 9.53 Å². The van der Waals surface area contributed by atoms with E-state index < -0.39 is 0 Å². The molecule has 5 aromatic rings. The second kappa shape index (κ2) is 13.1. The first kappa shape index (κ1) is 29.8. The number of rotatable bonds is 9. The van der Waals surface area contributed by atoms with Crippen molar-refractivity contribution in [3.8, 4) is 17.3 Å². The summed E-state index contributed by atoms with van der Waals surface area (Å²) in [7, 11) is 0. The molecule has 1 fully saturated rings. The molecular formula is C34H37N9O2. The van der Waals surface area contributed by atoms with Crippen molar-refractivity contribution in [2.75, 3.05) is 41.7 Å². The molecule has 45 heavy (non-hydrogen) atoms. The van der Waals surface area contributed by atoms with Crippen molar-refractivity contribution in [3.05, 3.63) is 102 Å². The van der Waals surface area contributed by atoms with Gasteiger partial charge in [0.2, 0.25) is 11.8 Å². The van der Waals surface area contributed by atoms with Crippen LogP contribution in [0.4, 0.5) is 23.0 Å². The standard InChI is InChI=1S/C34H37N9O2/c1-23(2)41-16-18-42(19-17-41)27-10-8-26(9-11-27)38-34-36-20-30(32(44)39-31-24(3)6-5-7-25(31)4)33(40-34)45-29-14-12-28(13-15-29)43-22-35-21-37-43/h5-15,20-23H,16-19H2,1-4H3,(H,39,44)(H,36,38,40). The minimum absolute atomic E-state index is 0.129. The quantitative estimate of drug-likeness (QED) is 0.210. The summed E-state index contributed by atoms with van der Waals surface area (Å²) >= 11 is 0. The maximum Gasteiger partial charge on any atom is 0.262 e. The maximum atomic E-state index is 13.5. The lowest BCUT2D eigenvalue weighted by atomic mass is 10.1. The number of aryl methyl sites for hydroxylation is 2. The van der Waals surface area contributed by atoms with Crippen LogP contribution in [0.1, 0.15) is 35.3 Å². The van der Waals surface area contributed by atoms with Crippen LogP contribution in [0.5, 0.6) is 11.6 Å². The number of para-hydroxylation sites is 1. The molecule has 0 saturated carbocycles. The van der Waals surface area contributed by atoms with Gasteiger partial charge in [-0.2, -0.15) is 10.1 Å². The van der Waals surface area contributed by atoms with Crippen molar-refractivity contribution in [2.45, 2.75) is 33.7 Å². The van der Waals surface area contributed by atoms with Crippen molar-refractivity contribution in [3.63, 3.8) is 0 Å². The Labute approximate surface area is 262 Å². The zero-order chi connectivity index (χ0) is 31.3. The lowest BCUT2D eigenvalue weighted by molar-refractivity contribution is 0.102. The first-order valence-electron chi connectivity index (χ1n) is 15.1. The van der Waals surface area contributed by atoms with E-state index in [-0.39, 0.29) is 17.4 Å². The Balaban J connectivity index is 1.23. The van der Waals surface area contributed by atoms with Gasteiger partial charge in [-0.25, -0.2) is 14.6 Å². The molecule has 0 aliphatic carbocycles. The van der Waals surface area contributed by atoms with E-state index in [1.54, 1.807) is 23.1 Å². The number of benzene rings is 3. The molecule has 2 aromatic heterocycles. The molecule has 6 rings (SSSR count). The molecule has 2 N–H and O–H groups in total. The summed E-state index contributed by atoms with van der Waals surface area (Å²) in [5, 5.41) is 10.4. The Morgan fingerprint density at radius 1 is 0.889 bits per heavy atom. The first-order chi connectivity index (χ1) is 21.8. The maximum absolute atomic E-state index is 13.5.